The molecule has 0 radical (unpaired) electrons. The normalized spacial score (nSPS) is 27.8. The molecule has 0 saturated heterocycles. The Balaban J connectivity index is 2.35. The fraction of sp³-hybridized carbons (Fsp3) is 0.444. The van der Waals surface area contributed by atoms with Gasteiger partial charge in [0.05, 0.1) is 11.7 Å². The topological polar surface area (TPSA) is 41.6 Å². The van der Waals surface area contributed by atoms with Gasteiger partial charge in [-0.25, -0.2) is 10.8 Å². The molecule has 0 fully saturated rings. The molecular formula is C9H13N3. The van der Waals surface area contributed by atoms with Gasteiger partial charge in [0.1, 0.15) is 6.34 Å². The van der Waals surface area contributed by atoms with Gasteiger partial charge in [0.2, 0.25) is 0 Å². The van der Waals surface area contributed by atoms with Gasteiger partial charge in [0, 0.05) is 0 Å². The molecule has 0 aromatic heterocycles. The second-order valence-corrected chi connectivity index (χ2v) is 3.44. The molecular weight excluding hydrogens is 150 g/mol. The zero-order valence-corrected chi connectivity index (χ0v) is 7.41. The Morgan fingerprint density at radius 2 is 2.33 bits per heavy atom. The Morgan fingerprint density at radius 1 is 1.58 bits per heavy atom. The Morgan fingerprint density at radius 3 is 3.08 bits per heavy atom. The van der Waals surface area contributed by atoms with Crippen molar-refractivity contribution in [1.82, 2.24) is 5.01 Å². The van der Waals surface area contributed by atoms with Gasteiger partial charge in [-0.2, -0.15) is 0 Å². The zero-order valence-electron chi connectivity index (χ0n) is 7.41. The van der Waals surface area contributed by atoms with Gasteiger partial charge in [-0.3, -0.25) is 5.01 Å². The average molecular weight is 163 g/mol. The van der Waals surface area contributed by atoms with Crippen molar-refractivity contribution in [3.05, 3.63) is 22.9 Å². The molecule has 1 aliphatic heterocycles. The van der Waals surface area contributed by atoms with E-state index in [-0.39, 0.29) is 6.04 Å². The molecule has 0 spiro atoms. The van der Waals surface area contributed by atoms with Crippen LogP contribution in [-0.4, -0.2) is 17.4 Å². The van der Waals surface area contributed by atoms with E-state index in [9.17, 15) is 0 Å². The van der Waals surface area contributed by atoms with Gasteiger partial charge < -0.3 is 0 Å². The van der Waals surface area contributed by atoms with E-state index in [0.717, 1.165) is 12.1 Å². The third-order valence-electron chi connectivity index (χ3n) is 2.58. The third-order valence-corrected chi connectivity index (χ3v) is 2.58. The fourth-order valence-corrected chi connectivity index (χ4v) is 1.59. The maximum Gasteiger partial charge on any atom is 0.106 e. The molecule has 1 heterocycles. The van der Waals surface area contributed by atoms with Crippen LogP contribution in [0.25, 0.3) is 0 Å². The SMILES string of the molecule is CC1=C(C)CC2C(=C1)N=CN2N. The summed E-state index contributed by atoms with van der Waals surface area (Å²) >= 11 is 0. The summed E-state index contributed by atoms with van der Waals surface area (Å²) in [4.78, 5) is 4.23. The summed E-state index contributed by atoms with van der Waals surface area (Å²) in [6.07, 6.45) is 4.82. The molecule has 3 heteroatoms. The highest BCUT2D eigenvalue weighted by Gasteiger charge is 2.26. The second-order valence-electron chi connectivity index (χ2n) is 3.44. The maximum atomic E-state index is 5.72. The van der Waals surface area contributed by atoms with Crippen LogP contribution in [0.15, 0.2) is 27.9 Å². The number of nitrogens with two attached hydrogens (primary N) is 1. The summed E-state index contributed by atoms with van der Waals surface area (Å²) in [7, 11) is 0. The Hall–Kier alpha value is -1.09. The van der Waals surface area contributed by atoms with Crippen LogP contribution in [-0.2, 0) is 0 Å². The number of hydrazine groups is 1. The summed E-state index contributed by atoms with van der Waals surface area (Å²) in [6, 6.07) is 0.286. The molecule has 2 aliphatic rings. The summed E-state index contributed by atoms with van der Waals surface area (Å²) in [5.74, 6) is 5.72. The molecule has 0 aromatic carbocycles. The molecule has 3 nitrogen and oxygen atoms in total. The van der Waals surface area contributed by atoms with Gasteiger partial charge in [0.15, 0.2) is 0 Å². The third kappa shape index (κ3) is 0.975. The number of fused-ring (bicyclic) bond motifs is 1. The van der Waals surface area contributed by atoms with Crippen molar-refractivity contribution in [2.24, 2.45) is 10.8 Å². The van der Waals surface area contributed by atoms with Crippen LogP contribution < -0.4 is 5.84 Å². The van der Waals surface area contributed by atoms with Crippen LogP contribution in [0, 0.1) is 0 Å². The molecule has 12 heavy (non-hydrogen) atoms. The summed E-state index contributed by atoms with van der Waals surface area (Å²) in [6.45, 7) is 4.27. The van der Waals surface area contributed by atoms with Crippen LogP contribution in [0.2, 0.25) is 0 Å². The van der Waals surface area contributed by atoms with Crippen molar-refractivity contribution in [3.8, 4) is 0 Å². The van der Waals surface area contributed by atoms with E-state index in [0.29, 0.717) is 0 Å². The predicted octanol–water partition coefficient (Wildman–Crippen LogP) is 1.20. The van der Waals surface area contributed by atoms with E-state index in [4.69, 9.17) is 5.84 Å². The number of aliphatic imine (C=N–C) groups is 1. The van der Waals surface area contributed by atoms with Crippen molar-refractivity contribution in [3.63, 3.8) is 0 Å². The lowest BCUT2D eigenvalue weighted by Gasteiger charge is -2.23. The maximum absolute atomic E-state index is 5.72. The molecule has 0 aromatic rings. The van der Waals surface area contributed by atoms with Crippen LogP contribution in [0.5, 0.6) is 0 Å². The highest BCUT2D eigenvalue weighted by atomic mass is 15.5. The van der Waals surface area contributed by atoms with E-state index in [2.05, 4.69) is 24.9 Å². The first kappa shape index (κ1) is 7.55. The smallest absolute Gasteiger partial charge is 0.106 e. The number of rotatable bonds is 0. The minimum Gasteiger partial charge on any atom is -0.291 e. The van der Waals surface area contributed by atoms with Crippen molar-refractivity contribution >= 4 is 6.34 Å². The van der Waals surface area contributed by atoms with E-state index in [1.807, 2.05) is 0 Å². The molecule has 1 atom stereocenters. The highest BCUT2D eigenvalue weighted by molar-refractivity contribution is 5.63. The van der Waals surface area contributed by atoms with Crippen molar-refractivity contribution in [2.75, 3.05) is 0 Å². The number of hydrogen-bond acceptors (Lipinski definition) is 3. The lowest BCUT2D eigenvalue weighted by atomic mass is 9.94. The number of hydrogen-bond donors (Lipinski definition) is 1. The average Bonchev–Trinajstić information content (AvgIpc) is 2.35. The first-order valence-electron chi connectivity index (χ1n) is 4.13. The monoisotopic (exact) mass is 163 g/mol. The minimum atomic E-state index is 0.286. The molecule has 2 N–H and O–H groups in total. The van der Waals surface area contributed by atoms with Crippen LogP contribution in [0.4, 0.5) is 0 Å². The standard InChI is InChI=1S/C9H13N3/c1-6-3-8-9(4-7(6)2)12(10)5-11-8/h3,5,9H,4,10H2,1-2H3. The van der Waals surface area contributed by atoms with Gasteiger partial charge in [-0.1, -0.05) is 11.1 Å². The molecule has 1 aliphatic carbocycles. The summed E-state index contributed by atoms with van der Waals surface area (Å²) in [5, 5.41) is 1.68. The minimum absolute atomic E-state index is 0.286. The van der Waals surface area contributed by atoms with E-state index < -0.39 is 0 Å². The van der Waals surface area contributed by atoms with Gasteiger partial charge in [-0.05, 0) is 26.3 Å². The summed E-state index contributed by atoms with van der Waals surface area (Å²) < 4.78 is 0. The predicted molar refractivity (Wildman–Crippen MR) is 49.4 cm³/mol. The highest BCUT2D eigenvalue weighted by Crippen LogP contribution is 2.29. The quantitative estimate of drug-likeness (QED) is 0.545. The molecule has 0 bridgehead atoms. The van der Waals surface area contributed by atoms with Crippen LogP contribution >= 0.6 is 0 Å². The van der Waals surface area contributed by atoms with Gasteiger partial charge >= 0.3 is 0 Å². The Kier molecular flexibility index (Phi) is 1.54. The van der Waals surface area contributed by atoms with Crippen molar-refractivity contribution in [1.29, 1.82) is 0 Å². The zero-order chi connectivity index (χ0) is 8.72. The van der Waals surface area contributed by atoms with E-state index in [1.165, 1.54) is 11.1 Å². The summed E-state index contributed by atoms with van der Waals surface area (Å²) in [5.41, 5.74) is 3.83. The lowest BCUT2D eigenvalue weighted by molar-refractivity contribution is 0.381. The fourth-order valence-electron chi connectivity index (χ4n) is 1.59. The molecule has 1 unspecified atom stereocenters. The van der Waals surface area contributed by atoms with E-state index >= 15 is 0 Å². The molecule has 0 amide bonds. The molecule has 64 valence electrons. The Bertz CT molecular complexity index is 299. The largest absolute Gasteiger partial charge is 0.291 e. The first-order valence-corrected chi connectivity index (χ1v) is 4.13. The number of nitrogens with zero attached hydrogens (tertiary/aromatic N) is 2. The van der Waals surface area contributed by atoms with Crippen LogP contribution in [0.1, 0.15) is 20.3 Å². The van der Waals surface area contributed by atoms with Crippen molar-refractivity contribution < 1.29 is 0 Å². The van der Waals surface area contributed by atoms with Crippen molar-refractivity contribution in [2.45, 2.75) is 26.3 Å². The van der Waals surface area contributed by atoms with E-state index in [1.54, 1.807) is 11.3 Å². The second kappa shape index (κ2) is 2.45. The lowest BCUT2D eigenvalue weighted by Crippen LogP contribution is -2.37. The molecule has 0 saturated carbocycles. The van der Waals surface area contributed by atoms with Gasteiger partial charge in [0.25, 0.3) is 0 Å². The van der Waals surface area contributed by atoms with Gasteiger partial charge in [-0.15, -0.1) is 0 Å². The first-order chi connectivity index (χ1) is 5.68. The number of allylic oxidation sites excluding steroid dienone is 2. The van der Waals surface area contributed by atoms with Crippen LogP contribution in [0.3, 0.4) is 0 Å². The molecule has 2 rings (SSSR count). The Labute approximate surface area is 72.2 Å².